The van der Waals surface area contributed by atoms with E-state index in [1.54, 1.807) is 22.6 Å². The van der Waals surface area contributed by atoms with Crippen molar-refractivity contribution in [1.82, 2.24) is 4.98 Å². The number of hydrogen-bond acceptors (Lipinski definition) is 4. The van der Waals surface area contributed by atoms with Crippen molar-refractivity contribution >= 4 is 28.6 Å². The Balaban J connectivity index is 3.41. The zero-order chi connectivity index (χ0) is 12.3. The SMILES string of the molecule is COC(=O)c1cc(I)nc(C(F)F)c1CN. The van der Waals surface area contributed by atoms with Crippen molar-refractivity contribution in [1.29, 1.82) is 0 Å². The molecule has 0 aliphatic carbocycles. The highest BCUT2D eigenvalue weighted by atomic mass is 127. The van der Waals surface area contributed by atoms with E-state index < -0.39 is 18.1 Å². The number of nitrogens with two attached hydrogens (primary N) is 1. The molecule has 0 unspecified atom stereocenters. The highest BCUT2D eigenvalue weighted by molar-refractivity contribution is 14.1. The van der Waals surface area contributed by atoms with Gasteiger partial charge in [-0.1, -0.05) is 0 Å². The average Bonchev–Trinajstić information content (AvgIpc) is 2.26. The molecule has 1 aromatic rings. The number of esters is 1. The van der Waals surface area contributed by atoms with Crippen LogP contribution in [-0.2, 0) is 11.3 Å². The lowest BCUT2D eigenvalue weighted by atomic mass is 10.1. The first-order valence-electron chi connectivity index (χ1n) is 4.27. The molecule has 0 aliphatic heterocycles. The van der Waals surface area contributed by atoms with E-state index >= 15 is 0 Å². The summed E-state index contributed by atoms with van der Waals surface area (Å²) in [6.07, 6.45) is -2.77. The second-order valence-electron chi connectivity index (χ2n) is 2.85. The number of rotatable bonds is 3. The Morgan fingerprint density at radius 2 is 2.31 bits per heavy atom. The van der Waals surface area contributed by atoms with Gasteiger partial charge >= 0.3 is 5.97 Å². The van der Waals surface area contributed by atoms with E-state index in [9.17, 15) is 13.6 Å². The van der Waals surface area contributed by atoms with E-state index in [1.165, 1.54) is 13.2 Å². The average molecular weight is 342 g/mol. The highest BCUT2D eigenvalue weighted by Gasteiger charge is 2.22. The van der Waals surface area contributed by atoms with Crippen LogP contribution in [0.25, 0.3) is 0 Å². The van der Waals surface area contributed by atoms with Crippen molar-refractivity contribution in [2.45, 2.75) is 13.0 Å². The Hall–Kier alpha value is -0.830. The molecule has 0 radical (unpaired) electrons. The van der Waals surface area contributed by atoms with Gasteiger partial charge in [0.1, 0.15) is 9.39 Å². The maximum Gasteiger partial charge on any atom is 0.338 e. The number of pyridine rings is 1. The third-order valence-electron chi connectivity index (χ3n) is 1.94. The van der Waals surface area contributed by atoms with Crippen LogP contribution < -0.4 is 5.73 Å². The van der Waals surface area contributed by atoms with E-state index in [1.807, 2.05) is 0 Å². The second-order valence-corrected chi connectivity index (χ2v) is 3.96. The second kappa shape index (κ2) is 5.48. The van der Waals surface area contributed by atoms with Gasteiger partial charge in [0.05, 0.1) is 12.7 Å². The van der Waals surface area contributed by atoms with Crippen LogP contribution in [0.15, 0.2) is 6.07 Å². The number of carbonyl (C=O) groups excluding carboxylic acids is 1. The summed E-state index contributed by atoms with van der Waals surface area (Å²) in [7, 11) is 1.18. The van der Waals surface area contributed by atoms with Crippen LogP contribution in [0.5, 0.6) is 0 Å². The monoisotopic (exact) mass is 342 g/mol. The van der Waals surface area contributed by atoms with Crippen LogP contribution in [-0.4, -0.2) is 18.1 Å². The van der Waals surface area contributed by atoms with Crippen molar-refractivity contribution in [3.05, 3.63) is 26.6 Å². The molecule has 88 valence electrons. The molecule has 1 rings (SSSR count). The summed E-state index contributed by atoms with van der Waals surface area (Å²) < 4.78 is 30.1. The third-order valence-corrected chi connectivity index (χ3v) is 2.49. The van der Waals surface area contributed by atoms with Gasteiger partial charge in [-0.05, 0) is 28.7 Å². The van der Waals surface area contributed by atoms with Crippen LogP contribution >= 0.6 is 22.6 Å². The summed E-state index contributed by atoms with van der Waals surface area (Å²) >= 11 is 1.75. The van der Waals surface area contributed by atoms with Crippen molar-refractivity contribution < 1.29 is 18.3 Å². The quantitative estimate of drug-likeness (QED) is 0.518. The first-order chi connectivity index (χ1) is 7.51. The van der Waals surface area contributed by atoms with Crippen molar-refractivity contribution in [3.63, 3.8) is 0 Å². The lowest BCUT2D eigenvalue weighted by Gasteiger charge is -2.11. The maximum atomic E-state index is 12.7. The molecule has 0 amide bonds. The molecule has 0 aromatic carbocycles. The van der Waals surface area contributed by atoms with E-state index in [2.05, 4.69) is 9.72 Å². The molecule has 0 atom stereocenters. The molecule has 0 aliphatic rings. The minimum absolute atomic E-state index is 0.0299. The van der Waals surface area contributed by atoms with E-state index in [4.69, 9.17) is 5.73 Å². The number of halogens is 3. The van der Waals surface area contributed by atoms with E-state index in [0.29, 0.717) is 3.70 Å². The van der Waals surface area contributed by atoms with Gasteiger partial charge in [-0.3, -0.25) is 0 Å². The predicted octanol–water partition coefficient (Wildman–Crippen LogP) is 1.87. The molecule has 1 aromatic heterocycles. The van der Waals surface area contributed by atoms with Crippen molar-refractivity contribution in [2.24, 2.45) is 5.73 Å². The molecule has 0 fully saturated rings. The summed E-state index contributed by atoms with van der Waals surface area (Å²) in [5.74, 6) is -0.692. The minimum atomic E-state index is -2.77. The molecule has 2 N–H and O–H groups in total. The van der Waals surface area contributed by atoms with Gasteiger partial charge in [0, 0.05) is 12.1 Å². The van der Waals surface area contributed by atoms with Crippen LogP contribution in [0.1, 0.15) is 28.0 Å². The van der Waals surface area contributed by atoms with Crippen molar-refractivity contribution in [2.75, 3.05) is 7.11 Å². The number of alkyl halides is 2. The minimum Gasteiger partial charge on any atom is -0.465 e. The van der Waals surface area contributed by atoms with Gasteiger partial charge < -0.3 is 10.5 Å². The summed E-state index contributed by atoms with van der Waals surface area (Å²) in [4.78, 5) is 15.0. The molecule has 16 heavy (non-hydrogen) atoms. The number of hydrogen-bond donors (Lipinski definition) is 1. The Labute approximate surface area is 104 Å². The summed E-state index contributed by atoms with van der Waals surface area (Å²) in [5, 5.41) is 0. The summed E-state index contributed by atoms with van der Waals surface area (Å²) in [6, 6.07) is 1.38. The molecule has 1 heterocycles. The fraction of sp³-hybridized carbons (Fsp3) is 0.333. The largest absolute Gasteiger partial charge is 0.465 e. The standard InChI is InChI=1S/C9H9F2IN2O2/c1-16-9(15)4-2-6(12)14-7(8(10)11)5(4)3-13/h2,8H,3,13H2,1H3. The van der Waals surface area contributed by atoms with Gasteiger partial charge in [0.25, 0.3) is 6.43 Å². The van der Waals surface area contributed by atoms with Gasteiger partial charge in [0.2, 0.25) is 0 Å². The van der Waals surface area contributed by atoms with Crippen molar-refractivity contribution in [3.8, 4) is 0 Å². The maximum absolute atomic E-state index is 12.7. The van der Waals surface area contributed by atoms with Crippen LogP contribution in [0.3, 0.4) is 0 Å². The highest BCUT2D eigenvalue weighted by Crippen LogP contribution is 2.25. The normalized spacial score (nSPS) is 10.6. The zero-order valence-corrected chi connectivity index (χ0v) is 10.5. The molecule has 0 bridgehead atoms. The van der Waals surface area contributed by atoms with E-state index in [-0.39, 0.29) is 17.7 Å². The summed E-state index contributed by atoms with van der Waals surface area (Å²) in [6.45, 7) is -0.186. The van der Waals surface area contributed by atoms with Gasteiger partial charge in [0.15, 0.2) is 0 Å². The number of methoxy groups -OCH3 is 1. The first kappa shape index (κ1) is 13.2. The van der Waals surface area contributed by atoms with Gasteiger partial charge in [-0.15, -0.1) is 0 Å². The first-order valence-corrected chi connectivity index (χ1v) is 5.35. The lowest BCUT2D eigenvalue weighted by molar-refractivity contribution is 0.0598. The lowest BCUT2D eigenvalue weighted by Crippen LogP contribution is -2.14. The topological polar surface area (TPSA) is 65.2 Å². The number of ether oxygens (including phenoxy) is 1. The molecular weight excluding hydrogens is 333 g/mol. The Morgan fingerprint density at radius 1 is 1.69 bits per heavy atom. The zero-order valence-electron chi connectivity index (χ0n) is 8.34. The number of carbonyl (C=O) groups is 1. The molecule has 0 spiro atoms. The Morgan fingerprint density at radius 3 is 2.75 bits per heavy atom. The number of nitrogens with zero attached hydrogens (tertiary/aromatic N) is 1. The van der Waals surface area contributed by atoms with Gasteiger partial charge in [-0.2, -0.15) is 0 Å². The fourth-order valence-electron chi connectivity index (χ4n) is 1.25. The molecule has 4 nitrogen and oxygen atoms in total. The smallest absolute Gasteiger partial charge is 0.338 e. The molecular formula is C9H9F2IN2O2. The van der Waals surface area contributed by atoms with Gasteiger partial charge in [-0.25, -0.2) is 18.6 Å². The fourth-order valence-corrected chi connectivity index (χ4v) is 1.82. The molecule has 0 saturated carbocycles. The van der Waals surface area contributed by atoms with Crippen LogP contribution in [0.2, 0.25) is 0 Å². The third kappa shape index (κ3) is 2.64. The Kier molecular flexibility index (Phi) is 4.54. The van der Waals surface area contributed by atoms with Crippen LogP contribution in [0, 0.1) is 3.70 Å². The summed E-state index contributed by atoms with van der Waals surface area (Å²) in [5.41, 5.74) is 4.96. The van der Waals surface area contributed by atoms with Crippen LogP contribution in [0.4, 0.5) is 8.78 Å². The molecule has 0 saturated heterocycles. The number of aromatic nitrogens is 1. The Bertz CT molecular complexity index is 413. The molecule has 7 heteroatoms. The predicted molar refractivity (Wildman–Crippen MR) is 61.1 cm³/mol. The van der Waals surface area contributed by atoms with E-state index in [0.717, 1.165) is 0 Å².